The molecule has 0 spiro atoms. The molecular weight excluding hydrogens is 865 g/mol. The van der Waals surface area contributed by atoms with E-state index in [2.05, 4.69) is 97.2 Å². The van der Waals surface area contributed by atoms with Gasteiger partial charge in [-0.15, -0.1) is 0 Å². The van der Waals surface area contributed by atoms with E-state index in [1.807, 2.05) is 0 Å². The summed E-state index contributed by atoms with van der Waals surface area (Å²) in [5.74, 6) is 0.127. The molecule has 0 saturated heterocycles. The number of carbonyl (C=O) groups excluding carboxylic acids is 2. The molecule has 3 aromatic carbocycles. The van der Waals surface area contributed by atoms with Gasteiger partial charge in [-0.05, 0) is 156 Å². The van der Waals surface area contributed by atoms with Gasteiger partial charge in [0.15, 0.2) is 5.71 Å². The molecule has 3 aromatic rings. The van der Waals surface area contributed by atoms with Crippen LogP contribution < -0.4 is 20.3 Å². The molecule has 2 bridgehead atoms. The minimum Gasteiger partial charge on any atom is -0.478 e. The van der Waals surface area contributed by atoms with E-state index < -0.39 is 21.5 Å². The molecule has 7 rings (SSSR count). The van der Waals surface area contributed by atoms with Gasteiger partial charge in [-0.2, -0.15) is 13.0 Å². The zero-order chi connectivity index (χ0) is 47.9. The molecule has 3 aliphatic heterocycles. The first-order valence-corrected chi connectivity index (χ1v) is 25.5. The van der Waals surface area contributed by atoms with Crippen LogP contribution in [0.1, 0.15) is 138 Å². The van der Waals surface area contributed by atoms with Gasteiger partial charge in [0, 0.05) is 73.4 Å². The molecule has 3 heterocycles. The number of ether oxygens (including phenoxy) is 1. The molecule has 4 aliphatic rings. The number of hydrogen-bond donors (Lipinski definition) is 4. The number of carboxylic acids is 1. The topological polar surface area (TPSA) is 165 Å². The van der Waals surface area contributed by atoms with Crippen molar-refractivity contribution < 1.29 is 41.8 Å². The highest BCUT2D eigenvalue weighted by Crippen LogP contribution is 2.52. The Morgan fingerprint density at radius 2 is 1.51 bits per heavy atom. The van der Waals surface area contributed by atoms with Crippen molar-refractivity contribution in [2.75, 3.05) is 31.1 Å². The van der Waals surface area contributed by atoms with E-state index in [0.717, 1.165) is 92.4 Å². The monoisotopic (exact) mass is 931 g/mol. The van der Waals surface area contributed by atoms with Gasteiger partial charge in [0.2, 0.25) is 17.5 Å². The Balaban J connectivity index is 1.36. The molecule has 4 N–H and O–H groups in total. The minimum atomic E-state index is -4.48. The lowest BCUT2D eigenvalue weighted by Gasteiger charge is -2.31. The van der Waals surface area contributed by atoms with Crippen LogP contribution in [0.25, 0.3) is 0 Å². The second-order valence-electron chi connectivity index (χ2n) is 19.1. The summed E-state index contributed by atoms with van der Waals surface area (Å²) in [6, 6.07) is 18.0. The number of aryl methyl sites for hydroxylation is 1. The second kappa shape index (κ2) is 21.0. The van der Waals surface area contributed by atoms with Gasteiger partial charge in [0.25, 0.3) is 10.1 Å². The number of fused-ring (bicyclic) bond motifs is 6. The average molecular weight is 932 g/mol. The van der Waals surface area contributed by atoms with Crippen molar-refractivity contribution in [2.45, 2.75) is 134 Å². The summed E-state index contributed by atoms with van der Waals surface area (Å²) in [6.45, 7) is 13.1. The third-order valence-electron chi connectivity index (χ3n) is 13.8. The number of benzene rings is 3. The molecule has 0 aromatic heterocycles. The maximum atomic E-state index is 12.8. The summed E-state index contributed by atoms with van der Waals surface area (Å²) in [4.78, 5) is 39.5. The molecule has 1 aliphatic carbocycles. The fraction of sp³-hybridized carbons (Fsp3) is 0.444. The van der Waals surface area contributed by atoms with Gasteiger partial charge in [-0.1, -0.05) is 37.5 Å². The van der Waals surface area contributed by atoms with Crippen molar-refractivity contribution in [1.82, 2.24) is 10.6 Å². The second-order valence-corrected chi connectivity index (χ2v) is 20.5. The van der Waals surface area contributed by atoms with Crippen molar-refractivity contribution in [2.24, 2.45) is 0 Å². The van der Waals surface area contributed by atoms with E-state index in [9.17, 15) is 32.5 Å². The van der Waals surface area contributed by atoms with Crippen LogP contribution >= 0.6 is 0 Å². The van der Waals surface area contributed by atoms with Gasteiger partial charge >= 0.3 is 5.97 Å². The van der Waals surface area contributed by atoms with Crippen molar-refractivity contribution in [1.29, 1.82) is 0 Å². The van der Waals surface area contributed by atoms with Crippen molar-refractivity contribution in [3.63, 3.8) is 0 Å². The van der Waals surface area contributed by atoms with Crippen LogP contribution in [0.15, 0.2) is 112 Å². The average Bonchev–Trinajstić information content (AvgIpc) is 3.64. The predicted molar refractivity (Wildman–Crippen MR) is 263 cm³/mol. The van der Waals surface area contributed by atoms with Crippen LogP contribution in [0.2, 0.25) is 0 Å². The summed E-state index contributed by atoms with van der Waals surface area (Å²) in [5.41, 5.74) is 8.72. The van der Waals surface area contributed by atoms with Crippen LogP contribution in [0.3, 0.4) is 0 Å². The molecule has 0 saturated carbocycles. The molecular formula is C54H67N4O8S+. The summed E-state index contributed by atoms with van der Waals surface area (Å²) >= 11 is 0. The molecule has 12 nitrogen and oxygen atoms in total. The van der Waals surface area contributed by atoms with Crippen molar-refractivity contribution >= 4 is 45.0 Å². The Bertz CT molecular complexity index is 2660. The number of allylic oxidation sites excluding steroid dienone is 7. The number of nitrogens with one attached hydrogen (secondary N) is 2. The first-order chi connectivity index (χ1) is 32.0. The SMILES string of the molecule is CCCN1/C2=C\C=C3/CCCC(=C3Oc3ccc(C(=O)O)cc3)C=CC3=[N+](CCCCCC(=O)NCCNC(=O)CCCCCC2(C)c2cc(S(=O)(=O)O)ccc21)c1ccc(C)cc1C3(C)C. The van der Waals surface area contributed by atoms with E-state index in [4.69, 9.17) is 4.74 Å². The van der Waals surface area contributed by atoms with E-state index in [0.29, 0.717) is 56.8 Å². The lowest BCUT2D eigenvalue weighted by molar-refractivity contribution is -0.438. The third kappa shape index (κ3) is 11.2. The fourth-order valence-electron chi connectivity index (χ4n) is 10.2. The van der Waals surface area contributed by atoms with Gasteiger partial charge in [0.05, 0.1) is 15.9 Å². The van der Waals surface area contributed by atoms with Gasteiger partial charge in [-0.3, -0.25) is 14.1 Å². The molecule has 1 unspecified atom stereocenters. The van der Waals surface area contributed by atoms with Crippen LogP contribution in [-0.4, -0.2) is 72.3 Å². The van der Waals surface area contributed by atoms with Crippen LogP contribution in [0.4, 0.5) is 11.4 Å². The summed E-state index contributed by atoms with van der Waals surface area (Å²) in [6.07, 6.45) is 18.1. The summed E-state index contributed by atoms with van der Waals surface area (Å²) < 4.78 is 44.5. The number of carboxylic acid groups (broad SMARTS) is 1. The van der Waals surface area contributed by atoms with E-state index >= 15 is 0 Å². The first kappa shape index (κ1) is 49.1. The highest BCUT2D eigenvalue weighted by Gasteiger charge is 2.45. The number of rotatable bonds is 6. The molecule has 13 heteroatoms. The van der Waals surface area contributed by atoms with E-state index in [-0.39, 0.29) is 27.7 Å². The summed E-state index contributed by atoms with van der Waals surface area (Å²) in [7, 11) is -4.48. The Morgan fingerprint density at radius 3 is 2.18 bits per heavy atom. The zero-order valence-electron chi connectivity index (χ0n) is 39.8. The van der Waals surface area contributed by atoms with Crippen LogP contribution in [-0.2, 0) is 30.5 Å². The van der Waals surface area contributed by atoms with E-state index in [1.54, 1.807) is 36.4 Å². The largest absolute Gasteiger partial charge is 0.478 e. The number of amides is 2. The Hall–Kier alpha value is -5.79. The highest BCUT2D eigenvalue weighted by atomic mass is 32.2. The minimum absolute atomic E-state index is 0.0217. The third-order valence-corrected chi connectivity index (χ3v) is 14.7. The molecule has 1 atom stereocenters. The lowest BCUT2D eigenvalue weighted by Crippen LogP contribution is -2.34. The maximum absolute atomic E-state index is 12.8. The number of anilines is 1. The maximum Gasteiger partial charge on any atom is 0.335 e. The van der Waals surface area contributed by atoms with Gasteiger partial charge in [0.1, 0.15) is 18.1 Å². The lowest BCUT2D eigenvalue weighted by atomic mass is 9.77. The number of hydrogen-bond acceptors (Lipinski definition) is 7. The van der Waals surface area contributed by atoms with Gasteiger partial charge in [-0.25, -0.2) is 4.79 Å². The number of carbonyl (C=O) groups is 3. The number of aromatic carboxylic acids is 1. The summed E-state index contributed by atoms with van der Waals surface area (Å²) in [5, 5.41) is 15.6. The standard InChI is InChI=1S/C54H66N4O8S/c1-6-33-57-46-27-25-42(67(63,64)65)36-44(46)54(5)30-11-7-9-16-49(59)55-31-32-56-50(60)17-10-8-12-34-58-45-26-18-37(2)35-43(45)53(3,4)47(58)28-21-38-14-13-15-39(22-29-48(54)57)51(38)66-41-23-19-40(20-24-41)52(61)62/h18-29,35-36H,6-17,30-34H2,1-5H3,(H3-,55,56,59,60,61,62,63,64,65)/p+1. The molecule has 2 amide bonds. The highest BCUT2D eigenvalue weighted by molar-refractivity contribution is 7.85. The molecule has 0 fully saturated rings. The fourth-order valence-corrected chi connectivity index (χ4v) is 10.7. The Labute approximate surface area is 396 Å². The zero-order valence-corrected chi connectivity index (χ0v) is 40.6. The molecule has 67 heavy (non-hydrogen) atoms. The quantitative estimate of drug-likeness (QED) is 0.139. The first-order valence-electron chi connectivity index (χ1n) is 24.0. The van der Waals surface area contributed by atoms with Crippen LogP contribution in [0.5, 0.6) is 5.75 Å². The molecule has 0 radical (unpaired) electrons. The smallest absolute Gasteiger partial charge is 0.335 e. The van der Waals surface area contributed by atoms with Crippen molar-refractivity contribution in [3.05, 3.63) is 130 Å². The Morgan fingerprint density at radius 1 is 0.806 bits per heavy atom. The number of nitrogens with zero attached hydrogens (tertiary/aromatic N) is 2. The Kier molecular flexibility index (Phi) is 15.4. The van der Waals surface area contributed by atoms with Crippen molar-refractivity contribution in [3.8, 4) is 5.75 Å². The normalized spacial score (nSPS) is 22.7. The predicted octanol–water partition coefficient (Wildman–Crippen LogP) is 10.1. The molecule has 356 valence electrons. The van der Waals surface area contributed by atoms with Crippen LogP contribution in [0, 0.1) is 6.92 Å². The van der Waals surface area contributed by atoms with E-state index in [1.165, 1.54) is 28.6 Å². The van der Waals surface area contributed by atoms with Gasteiger partial charge < -0.3 is 25.4 Å².